The van der Waals surface area contributed by atoms with Crippen molar-refractivity contribution in [2.75, 3.05) is 25.4 Å². The second-order valence-corrected chi connectivity index (χ2v) is 7.06. The Morgan fingerprint density at radius 2 is 1.97 bits per heavy atom. The largest absolute Gasteiger partial charge is 0.508 e. The molecule has 1 aliphatic rings. The van der Waals surface area contributed by atoms with Gasteiger partial charge in [0.2, 0.25) is 0 Å². The van der Waals surface area contributed by atoms with E-state index < -0.39 is 11.9 Å². The van der Waals surface area contributed by atoms with Crippen LogP contribution in [-0.2, 0) is 16.0 Å². The van der Waals surface area contributed by atoms with Gasteiger partial charge in [0, 0.05) is 23.9 Å². The second-order valence-electron chi connectivity index (χ2n) is 7.06. The first kappa shape index (κ1) is 23.8. The Bertz CT molecular complexity index is 889. The monoisotopic (exact) mass is 432 g/mol. The molecule has 0 spiro atoms. The van der Waals surface area contributed by atoms with Crippen molar-refractivity contribution in [3.63, 3.8) is 0 Å². The van der Waals surface area contributed by atoms with E-state index >= 15 is 0 Å². The van der Waals surface area contributed by atoms with E-state index in [1.807, 2.05) is 31.2 Å². The molecule has 1 atom stereocenters. The third-order valence-corrected chi connectivity index (χ3v) is 4.72. The lowest BCUT2D eigenvalue weighted by molar-refractivity contribution is -0.159. The van der Waals surface area contributed by atoms with Crippen LogP contribution in [0.15, 0.2) is 36.4 Å². The minimum atomic E-state index is -1.82. The molecule has 2 aromatic carbocycles. The van der Waals surface area contributed by atoms with Gasteiger partial charge in [-0.25, -0.2) is 9.59 Å². The predicted octanol–water partition coefficient (Wildman–Crippen LogP) is 2.19. The number of aromatic hydroxyl groups is 1. The summed E-state index contributed by atoms with van der Waals surface area (Å²) < 4.78 is 11.7. The molecule has 9 heteroatoms. The first-order valence-corrected chi connectivity index (χ1v) is 9.91. The molecule has 9 nitrogen and oxygen atoms in total. The molecule has 6 N–H and O–H groups in total. The van der Waals surface area contributed by atoms with Gasteiger partial charge in [-0.3, -0.25) is 0 Å². The number of carboxylic acid groups (broad SMARTS) is 2. The normalized spacial score (nSPS) is 14.4. The number of phenols is 1. The van der Waals surface area contributed by atoms with Crippen molar-refractivity contribution in [1.29, 1.82) is 0 Å². The van der Waals surface area contributed by atoms with E-state index in [0.717, 1.165) is 55.1 Å². The maximum absolute atomic E-state index is 9.56. The van der Waals surface area contributed by atoms with Crippen molar-refractivity contribution < 1.29 is 34.4 Å². The van der Waals surface area contributed by atoms with E-state index in [2.05, 4.69) is 5.32 Å². The van der Waals surface area contributed by atoms with Crippen LogP contribution in [0.25, 0.3) is 0 Å². The van der Waals surface area contributed by atoms with Crippen LogP contribution < -0.4 is 20.5 Å². The Labute approximate surface area is 180 Å². The van der Waals surface area contributed by atoms with Gasteiger partial charge in [-0.05, 0) is 56.5 Å². The lowest BCUT2D eigenvalue weighted by atomic mass is 10.0. The highest BCUT2D eigenvalue weighted by molar-refractivity contribution is 6.27. The van der Waals surface area contributed by atoms with E-state index in [-0.39, 0.29) is 11.9 Å². The summed E-state index contributed by atoms with van der Waals surface area (Å²) in [7, 11) is 0. The van der Waals surface area contributed by atoms with Crippen molar-refractivity contribution >= 4 is 17.6 Å². The van der Waals surface area contributed by atoms with Crippen LogP contribution in [0.4, 0.5) is 5.69 Å². The van der Waals surface area contributed by atoms with E-state index in [9.17, 15) is 5.11 Å². The van der Waals surface area contributed by atoms with Crippen LogP contribution in [0.2, 0.25) is 0 Å². The third-order valence-electron chi connectivity index (χ3n) is 4.72. The van der Waals surface area contributed by atoms with E-state index in [4.69, 9.17) is 35.0 Å². The number of carbonyl (C=O) groups is 2. The van der Waals surface area contributed by atoms with Crippen molar-refractivity contribution in [3.8, 4) is 17.2 Å². The zero-order valence-corrected chi connectivity index (χ0v) is 17.3. The number of benzene rings is 2. The Kier molecular flexibility index (Phi) is 8.95. The van der Waals surface area contributed by atoms with Crippen LogP contribution in [0, 0.1) is 6.92 Å². The van der Waals surface area contributed by atoms with Gasteiger partial charge < -0.3 is 35.8 Å². The summed E-state index contributed by atoms with van der Waals surface area (Å²) in [4.78, 5) is 18.2. The number of nitrogens with two attached hydrogens (primary N) is 1. The van der Waals surface area contributed by atoms with Crippen LogP contribution in [0.1, 0.15) is 24.0 Å². The molecule has 0 saturated carbocycles. The molecule has 1 unspecified atom stereocenters. The number of aryl methyl sites for hydroxylation is 1. The SMILES string of the molecule is Cc1c(N)cccc1OCCCNCC1CCc2ccc(O)cc2O1.O=C(O)C(=O)O. The summed E-state index contributed by atoms with van der Waals surface area (Å²) in [5, 5.41) is 27.8. The molecule has 3 rings (SSSR count). The molecule has 168 valence electrons. The fourth-order valence-corrected chi connectivity index (χ4v) is 2.99. The molecule has 1 heterocycles. The Hall–Kier alpha value is -3.46. The molecule has 0 radical (unpaired) electrons. The number of nitrogens with one attached hydrogen (secondary N) is 1. The van der Waals surface area contributed by atoms with Crippen molar-refractivity contribution in [2.24, 2.45) is 0 Å². The number of carboxylic acids is 2. The van der Waals surface area contributed by atoms with E-state index in [1.54, 1.807) is 12.1 Å². The average Bonchev–Trinajstić information content (AvgIpc) is 2.73. The van der Waals surface area contributed by atoms with E-state index in [1.165, 1.54) is 5.56 Å². The molecule has 1 aliphatic heterocycles. The summed E-state index contributed by atoms with van der Waals surface area (Å²) in [6, 6.07) is 11.1. The Morgan fingerprint density at radius 3 is 2.68 bits per heavy atom. The fourth-order valence-electron chi connectivity index (χ4n) is 2.99. The van der Waals surface area contributed by atoms with Crippen LogP contribution in [0.3, 0.4) is 0 Å². The lowest BCUT2D eigenvalue weighted by Crippen LogP contribution is -2.34. The van der Waals surface area contributed by atoms with Crippen molar-refractivity contribution in [2.45, 2.75) is 32.3 Å². The van der Waals surface area contributed by atoms with Crippen molar-refractivity contribution in [1.82, 2.24) is 5.32 Å². The number of hydrogen-bond acceptors (Lipinski definition) is 7. The number of fused-ring (bicyclic) bond motifs is 1. The zero-order valence-electron chi connectivity index (χ0n) is 17.3. The fraction of sp³-hybridized carbons (Fsp3) is 0.364. The van der Waals surface area contributed by atoms with Crippen LogP contribution in [-0.4, -0.2) is 53.1 Å². The van der Waals surface area contributed by atoms with Crippen LogP contribution >= 0.6 is 0 Å². The number of nitrogen functional groups attached to an aromatic ring is 1. The molecule has 0 bridgehead atoms. The summed E-state index contributed by atoms with van der Waals surface area (Å²) >= 11 is 0. The number of hydrogen-bond donors (Lipinski definition) is 5. The summed E-state index contributed by atoms with van der Waals surface area (Å²) in [5.74, 6) is -1.74. The predicted molar refractivity (Wildman–Crippen MR) is 115 cm³/mol. The first-order chi connectivity index (χ1) is 14.8. The Balaban J connectivity index is 0.000000501. The molecular formula is C22H28N2O7. The highest BCUT2D eigenvalue weighted by Crippen LogP contribution is 2.30. The molecule has 0 saturated heterocycles. The molecule has 31 heavy (non-hydrogen) atoms. The minimum absolute atomic E-state index is 0.145. The highest BCUT2D eigenvalue weighted by Gasteiger charge is 2.19. The standard InChI is InChI=1S/C20H26N2O3.C2H2O4/c1-14-18(21)4-2-5-19(14)24-11-3-10-22-13-17-9-7-15-6-8-16(23)12-20(15)25-17;3-1(4)2(5)6/h2,4-6,8,12,17,22-23H,3,7,9-11,13,21H2,1H3;(H,3,4)(H,5,6). The molecule has 0 amide bonds. The van der Waals surface area contributed by atoms with Gasteiger partial charge in [0.25, 0.3) is 0 Å². The maximum atomic E-state index is 9.56. The number of phenolic OH excluding ortho intramolecular Hbond substituents is 1. The molecule has 0 aromatic heterocycles. The number of aliphatic carboxylic acids is 2. The molecule has 2 aromatic rings. The lowest BCUT2D eigenvalue weighted by Gasteiger charge is -2.26. The van der Waals surface area contributed by atoms with Gasteiger partial charge in [0.05, 0.1) is 6.61 Å². The minimum Gasteiger partial charge on any atom is -0.508 e. The smallest absolute Gasteiger partial charge is 0.414 e. The van der Waals surface area contributed by atoms with E-state index in [0.29, 0.717) is 6.61 Å². The summed E-state index contributed by atoms with van der Waals surface area (Å²) in [6.45, 7) is 4.29. The molecule has 0 aliphatic carbocycles. The zero-order chi connectivity index (χ0) is 22.8. The molecular weight excluding hydrogens is 404 g/mol. The maximum Gasteiger partial charge on any atom is 0.414 e. The van der Waals surface area contributed by atoms with Gasteiger partial charge in [-0.2, -0.15) is 0 Å². The van der Waals surface area contributed by atoms with Gasteiger partial charge in [0.1, 0.15) is 23.4 Å². The Morgan fingerprint density at radius 1 is 1.23 bits per heavy atom. The average molecular weight is 432 g/mol. The van der Waals surface area contributed by atoms with Crippen LogP contribution in [0.5, 0.6) is 17.2 Å². The summed E-state index contributed by atoms with van der Waals surface area (Å²) in [5.41, 5.74) is 8.80. The summed E-state index contributed by atoms with van der Waals surface area (Å²) in [6.07, 6.45) is 3.04. The second kappa shape index (κ2) is 11.7. The number of ether oxygens (including phenoxy) is 2. The third kappa shape index (κ3) is 7.71. The number of rotatable bonds is 7. The quantitative estimate of drug-likeness (QED) is 0.252. The van der Waals surface area contributed by atoms with Crippen molar-refractivity contribution in [3.05, 3.63) is 47.5 Å². The molecule has 0 fully saturated rings. The highest BCUT2D eigenvalue weighted by atomic mass is 16.5. The van der Waals surface area contributed by atoms with Gasteiger partial charge in [0.15, 0.2) is 0 Å². The first-order valence-electron chi connectivity index (χ1n) is 9.91. The number of anilines is 1. The topological polar surface area (TPSA) is 151 Å². The van der Waals surface area contributed by atoms with Gasteiger partial charge in [-0.1, -0.05) is 12.1 Å². The van der Waals surface area contributed by atoms with Gasteiger partial charge >= 0.3 is 11.9 Å². The van der Waals surface area contributed by atoms with Gasteiger partial charge in [-0.15, -0.1) is 0 Å².